The highest BCUT2D eigenvalue weighted by Gasteiger charge is 2.09. The zero-order chi connectivity index (χ0) is 34.9. The van der Waals surface area contributed by atoms with Gasteiger partial charge in [0.25, 0.3) is 0 Å². The Morgan fingerprint density at radius 3 is 2.02 bits per heavy atom. The summed E-state index contributed by atoms with van der Waals surface area (Å²) in [7, 11) is 4.30. The first-order chi connectivity index (χ1) is 22.6. The maximum Gasteiger partial charge on any atom is 0.124 e. The summed E-state index contributed by atoms with van der Waals surface area (Å²) >= 11 is 6.83. The van der Waals surface area contributed by atoms with Crippen LogP contribution in [-0.4, -0.2) is 31.0 Å². The number of halogens is 1. The zero-order valence-electron chi connectivity index (χ0n) is 30.4. The lowest BCUT2D eigenvalue weighted by molar-refractivity contribution is 0.755. The van der Waals surface area contributed by atoms with E-state index < -0.39 is 0 Å². The van der Waals surface area contributed by atoms with Crippen LogP contribution in [0.15, 0.2) is 97.6 Å². The van der Waals surface area contributed by atoms with E-state index in [0.29, 0.717) is 11.9 Å². The number of anilines is 2. The molecule has 1 aromatic heterocycles. The lowest BCUT2D eigenvalue weighted by atomic mass is 10.0. The van der Waals surface area contributed by atoms with Gasteiger partial charge in [-0.15, -0.1) is 29.5 Å². The number of hydrogen-bond donors (Lipinski definition) is 0. The summed E-state index contributed by atoms with van der Waals surface area (Å²) < 4.78 is 1.26. The quantitative estimate of drug-likeness (QED) is 0.115. The number of alkyl halides is 1. The Bertz CT molecular complexity index is 1640. The van der Waals surface area contributed by atoms with Crippen LogP contribution in [0.25, 0.3) is 20.8 Å². The fourth-order valence-corrected chi connectivity index (χ4v) is 5.90. The van der Waals surface area contributed by atoms with E-state index in [2.05, 4.69) is 157 Å². The number of fused-ring (bicyclic) bond motifs is 1. The molecule has 0 bridgehead atoms. The minimum Gasteiger partial charge on any atom is -0.372 e. The van der Waals surface area contributed by atoms with E-state index >= 15 is 0 Å². The molecule has 0 aliphatic carbocycles. The summed E-state index contributed by atoms with van der Waals surface area (Å²) in [5.74, 6) is 0.556. The third kappa shape index (κ3) is 12.2. The van der Waals surface area contributed by atoms with Crippen molar-refractivity contribution < 1.29 is 0 Å². The van der Waals surface area contributed by atoms with Crippen LogP contribution in [0.4, 0.5) is 11.4 Å². The Balaban J connectivity index is 0.000000281. The predicted octanol–water partition coefficient (Wildman–Crippen LogP) is 12.4. The summed E-state index contributed by atoms with van der Waals surface area (Å²) in [6.07, 6.45) is 4.00. The Hall–Kier alpha value is -3.60. The summed E-state index contributed by atoms with van der Waals surface area (Å²) in [6.45, 7) is 21.4. The zero-order valence-corrected chi connectivity index (χ0v) is 32.0. The molecule has 0 amide bonds. The Labute approximate surface area is 294 Å². The third-order valence-electron chi connectivity index (χ3n) is 7.93. The molecule has 252 valence electrons. The van der Waals surface area contributed by atoms with E-state index in [4.69, 9.17) is 16.6 Å². The molecule has 0 aliphatic heterocycles. The number of rotatable bonds is 9. The van der Waals surface area contributed by atoms with Gasteiger partial charge in [0, 0.05) is 49.5 Å². The topological polar surface area (TPSA) is 19.4 Å². The van der Waals surface area contributed by atoms with Crippen LogP contribution in [0.1, 0.15) is 68.9 Å². The number of hydrogen-bond acceptors (Lipinski definition) is 4. The molecule has 5 aromatic rings. The van der Waals surface area contributed by atoms with Gasteiger partial charge in [-0.25, -0.2) is 4.98 Å². The minimum absolute atomic E-state index is 0.501. The van der Waals surface area contributed by atoms with E-state index in [1.807, 2.05) is 13.8 Å². The molecular weight excluding hydrogens is 614 g/mol. The van der Waals surface area contributed by atoms with Gasteiger partial charge in [-0.05, 0) is 117 Å². The van der Waals surface area contributed by atoms with Crippen molar-refractivity contribution in [1.29, 1.82) is 0 Å². The molecule has 0 unspecified atom stereocenters. The molecule has 0 N–H and O–H groups in total. The molecule has 0 spiro atoms. The molecular formula is C42H56ClN3S. The summed E-state index contributed by atoms with van der Waals surface area (Å²) in [4.78, 5) is 9.34. The van der Waals surface area contributed by atoms with Gasteiger partial charge in [0.05, 0.1) is 10.2 Å². The molecule has 5 heteroatoms. The van der Waals surface area contributed by atoms with Crippen molar-refractivity contribution in [1.82, 2.24) is 4.98 Å². The van der Waals surface area contributed by atoms with E-state index in [0.717, 1.165) is 23.5 Å². The van der Waals surface area contributed by atoms with Crippen LogP contribution >= 0.6 is 22.9 Å². The Morgan fingerprint density at radius 2 is 1.45 bits per heavy atom. The molecule has 1 heterocycles. The van der Waals surface area contributed by atoms with E-state index in [1.54, 1.807) is 17.4 Å². The van der Waals surface area contributed by atoms with Crippen LogP contribution < -0.4 is 9.80 Å². The number of aromatic nitrogens is 1. The molecule has 5 rings (SSSR count). The highest BCUT2D eigenvalue weighted by Crippen LogP contribution is 2.32. The van der Waals surface area contributed by atoms with Crippen molar-refractivity contribution in [3.8, 4) is 10.6 Å². The van der Waals surface area contributed by atoms with Gasteiger partial charge >= 0.3 is 0 Å². The highest BCUT2D eigenvalue weighted by atomic mass is 35.5. The number of nitrogens with zero attached hydrogens (tertiary/aromatic N) is 3. The molecule has 0 aliphatic rings. The lowest BCUT2D eigenvalue weighted by Gasteiger charge is -2.23. The number of aryl methyl sites for hydroxylation is 4. The highest BCUT2D eigenvalue weighted by molar-refractivity contribution is 7.21. The fourth-order valence-electron chi connectivity index (χ4n) is 4.83. The second kappa shape index (κ2) is 20.6. The van der Waals surface area contributed by atoms with Gasteiger partial charge in [0.15, 0.2) is 0 Å². The molecule has 0 fully saturated rings. The smallest absolute Gasteiger partial charge is 0.124 e. The second-order valence-electron chi connectivity index (χ2n) is 11.8. The van der Waals surface area contributed by atoms with E-state index in [9.17, 15) is 0 Å². The maximum absolute atomic E-state index is 5.07. The van der Waals surface area contributed by atoms with Gasteiger partial charge in [-0.3, -0.25) is 0 Å². The predicted molar refractivity (Wildman–Crippen MR) is 214 cm³/mol. The largest absolute Gasteiger partial charge is 0.372 e. The minimum atomic E-state index is 0.501. The monoisotopic (exact) mass is 669 g/mol. The van der Waals surface area contributed by atoms with E-state index in [-0.39, 0.29) is 0 Å². The Morgan fingerprint density at radius 1 is 0.830 bits per heavy atom. The van der Waals surface area contributed by atoms with Gasteiger partial charge in [-0.1, -0.05) is 69.7 Å². The SMILES string of the molecule is C=CCCl.CC.CCCc1ccccc1CN(C)c1ccc(C)c(C)c1.Cc1ccc2nc(-c3ccc(N(C)C(C)C)cc3)sc2c1. The first kappa shape index (κ1) is 39.6. The average molecular weight is 670 g/mol. The van der Waals surface area contributed by atoms with Crippen molar-refractivity contribution >= 4 is 44.5 Å². The van der Waals surface area contributed by atoms with Gasteiger partial charge in [0.2, 0.25) is 0 Å². The van der Waals surface area contributed by atoms with Crippen molar-refractivity contribution in [2.75, 3.05) is 29.8 Å². The summed E-state index contributed by atoms with van der Waals surface area (Å²) in [6, 6.07) is 31.1. The lowest BCUT2D eigenvalue weighted by Crippen LogP contribution is -2.25. The second-order valence-corrected chi connectivity index (χ2v) is 13.2. The molecule has 0 radical (unpaired) electrons. The average Bonchev–Trinajstić information content (AvgIpc) is 3.51. The number of thiazole rings is 1. The number of allylic oxidation sites excluding steroid dienone is 1. The van der Waals surface area contributed by atoms with Gasteiger partial charge in [0.1, 0.15) is 5.01 Å². The molecule has 0 atom stereocenters. The van der Waals surface area contributed by atoms with Crippen LogP contribution in [0.2, 0.25) is 0 Å². The Kier molecular flexibility index (Phi) is 17.3. The fraction of sp³-hybridized carbons (Fsp3) is 0.357. The van der Waals surface area contributed by atoms with Crippen molar-refractivity contribution in [2.45, 2.75) is 80.8 Å². The van der Waals surface area contributed by atoms with Gasteiger partial charge in [-0.2, -0.15) is 0 Å². The first-order valence-corrected chi connectivity index (χ1v) is 18.2. The van der Waals surface area contributed by atoms with Crippen molar-refractivity contribution in [3.05, 3.63) is 125 Å². The maximum atomic E-state index is 5.07. The van der Waals surface area contributed by atoms with Crippen LogP contribution in [-0.2, 0) is 13.0 Å². The van der Waals surface area contributed by atoms with Crippen LogP contribution in [0.3, 0.4) is 0 Å². The van der Waals surface area contributed by atoms with E-state index in [1.165, 1.54) is 55.9 Å². The van der Waals surface area contributed by atoms with Crippen molar-refractivity contribution in [3.63, 3.8) is 0 Å². The molecule has 3 nitrogen and oxygen atoms in total. The van der Waals surface area contributed by atoms with Crippen LogP contribution in [0.5, 0.6) is 0 Å². The van der Waals surface area contributed by atoms with Crippen LogP contribution in [0, 0.1) is 20.8 Å². The normalized spacial score (nSPS) is 10.2. The first-order valence-electron chi connectivity index (χ1n) is 16.8. The molecule has 0 saturated carbocycles. The van der Waals surface area contributed by atoms with Gasteiger partial charge < -0.3 is 9.80 Å². The standard InChI is InChI=1S/C19H25N.C18H20N2S.C3H5Cl.C2H6/c1-5-8-17-9-6-7-10-18(17)14-20(4)19-12-11-15(2)16(3)13-19;1-12(2)20(4)15-8-6-14(7-9-15)18-19-16-10-5-13(3)11-17(16)21-18;1-2-3-4;1-2/h6-7,9-13H,5,8,14H2,1-4H3;5-12H,1-4H3;2H,1,3H2;1-2H3. The number of benzene rings is 4. The molecule has 47 heavy (non-hydrogen) atoms. The van der Waals surface area contributed by atoms with Crippen molar-refractivity contribution in [2.24, 2.45) is 0 Å². The molecule has 4 aromatic carbocycles. The summed E-state index contributed by atoms with van der Waals surface area (Å²) in [5.41, 5.74) is 11.7. The summed E-state index contributed by atoms with van der Waals surface area (Å²) in [5, 5.41) is 1.09. The third-order valence-corrected chi connectivity index (χ3v) is 9.21. The molecule has 0 saturated heterocycles.